The van der Waals surface area contributed by atoms with Crippen molar-refractivity contribution in [2.24, 2.45) is 0 Å². The molecule has 1 amide bonds. The molecule has 0 fully saturated rings. The van der Waals surface area contributed by atoms with E-state index in [9.17, 15) is 4.79 Å². The van der Waals surface area contributed by atoms with Crippen molar-refractivity contribution < 1.29 is 13.9 Å². The fourth-order valence-corrected chi connectivity index (χ4v) is 3.71. The molecule has 0 aliphatic carbocycles. The van der Waals surface area contributed by atoms with Gasteiger partial charge in [-0.2, -0.15) is 5.10 Å². The number of anilines is 1. The lowest BCUT2D eigenvalue weighted by Gasteiger charge is -2.06. The first-order chi connectivity index (χ1) is 15.0. The molecular formula is C23H19Br2N3O3. The number of rotatable bonds is 7. The summed E-state index contributed by atoms with van der Waals surface area (Å²) in [7, 11) is 0. The number of aromatic nitrogens is 2. The molecule has 0 saturated heterocycles. The first-order valence-electron chi connectivity index (χ1n) is 9.54. The molecule has 0 radical (unpaired) electrons. The molecule has 0 aliphatic rings. The first-order valence-corrected chi connectivity index (χ1v) is 11.1. The smallest absolute Gasteiger partial charge is 0.292 e. The van der Waals surface area contributed by atoms with Crippen LogP contribution in [0.25, 0.3) is 0 Å². The number of hydrogen-bond acceptors (Lipinski definition) is 4. The van der Waals surface area contributed by atoms with Crippen LogP contribution in [-0.2, 0) is 13.2 Å². The third-order valence-corrected chi connectivity index (χ3v) is 5.74. The molecule has 0 spiro atoms. The standard InChI is InChI=1S/C23H19Br2N3O3/c1-15-6-8-16(9-7-15)12-28-13-19(25)22(27-28)26-23(29)21-11-10-17(31-21)14-30-20-5-3-2-4-18(20)24/h2-11,13H,12,14H2,1H3,(H,26,27,29). The molecule has 0 saturated carbocycles. The first kappa shape index (κ1) is 21.4. The van der Waals surface area contributed by atoms with Gasteiger partial charge in [-0.15, -0.1) is 0 Å². The zero-order chi connectivity index (χ0) is 21.8. The highest BCUT2D eigenvalue weighted by atomic mass is 79.9. The molecule has 0 aliphatic heterocycles. The molecule has 4 aromatic rings. The number of amides is 1. The highest BCUT2D eigenvalue weighted by Crippen LogP contribution is 2.25. The lowest BCUT2D eigenvalue weighted by Crippen LogP contribution is -2.12. The Balaban J connectivity index is 1.38. The molecular weight excluding hydrogens is 526 g/mol. The minimum absolute atomic E-state index is 0.186. The van der Waals surface area contributed by atoms with Crippen LogP contribution in [-0.4, -0.2) is 15.7 Å². The van der Waals surface area contributed by atoms with Gasteiger partial charge < -0.3 is 14.5 Å². The van der Waals surface area contributed by atoms with E-state index in [1.165, 1.54) is 5.56 Å². The van der Waals surface area contributed by atoms with Crippen LogP contribution in [0.5, 0.6) is 5.75 Å². The van der Waals surface area contributed by atoms with Crippen molar-refractivity contribution in [1.29, 1.82) is 0 Å². The summed E-state index contributed by atoms with van der Waals surface area (Å²) < 4.78 is 14.7. The second-order valence-electron chi connectivity index (χ2n) is 6.95. The van der Waals surface area contributed by atoms with E-state index in [0.717, 1.165) is 10.0 Å². The van der Waals surface area contributed by atoms with Crippen molar-refractivity contribution in [3.8, 4) is 5.75 Å². The fraction of sp³-hybridized carbons (Fsp3) is 0.130. The largest absolute Gasteiger partial charge is 0.484 e. The number of benzene rings is 2. The summed E-state index contributed by atoms with van der Waals surface area (Å²) in [6.45, 7) is 2.87. The summed E-state index contributed by atoms with van der Waals surface area (Å²) in [6, 6.07) is 19.1. The van der Waals surface area contributed by atoms with E-state index in [-0.39, 0.29) is 18.3 Å². The molecule has 6 nitrogen and oxygen atoms in total. The summed E-state index contributed by atoms with van der Waals surface area (Å²) in [5.41, 5.74) is 2.33. The molecule has 0 unspecified atom stereocenters. The van der Waals surface area contributed by atoms with Gasteiger partial charge in [0.25, 0.3) is 5.91 Å². The van der Waals surface area contributed by atoms with Crippen LogP contribution in [0, 0.1) is 6.92 Å². The quantitative estimate of drug-likeness (QED) is 0.301. The van der Waals surface area contributed by atoms with Crippen LogP contribution in [0.15, 0.2) is 80.2 Å². The maximum absolute atomic E-state index is 12.6. The number of aryl methyl sites for hydroxylation is 1. The summed E-state index contributed by atoms with van der Waals surface area (Å²) in [5.74, 6) is 1.48. The Morgan fingerprint density at radius 2 is 1.84 bits per heavy atom. The highest BCUT2D eigenvalue weighted by Gasteiger charge is 2.16. The molecule has 158 valence electrons. The number of nitrogens with zero attached hydrogens (tertiary/aromatic N) is 2. The van der Waals surface area contributed by atoms with Crippen LogP contribution < -0.4 is 10.1 Å². The van der Waals surface area contributed by atoms with E-state index < -0.39 is 0 Å². The number of hydrogen-bond donors (Lipinski definition) is 1. The van der Waals surface area contributed by atoms with E-state index in [0.29, 0.717) is 28.3 Å². The third-order valence-electron chi connectivity index (χ3n) is 4.51. The van der Waals surface area contributed by atoms with Gasteiger partial charge in [-0.1, -0.05) is 42.0 Å². The SMILES string of the molecule is Cc1ccc(Cn2cc(Br)c(NC(=O)c3ccc(COc4ccccc4Br)o3)n2)cc1. The molecule has 8 heteroatoms. The number of para-hydroxylation sites is 1. The van der Waals surface area contributed by atoms with Gasteiger partial charge >= 0.3 is 0 Å². The lowest BCUT2D eigenvalue weighted by molar-refractivity contribution is 0.0992. The number of ether oxygens (including phenoxy) is 1. The number of carbonyl (C=O) groups is 1. The van der Waals surface area contributed by atoms with Crippen molar-refractivity contribution in [2.75, 3.05) is 5.32 Å². The third kappa shape index (κ3) is 5.45. The average Bonchev–Trinajstić information content (AvgIpc) is 3.36. The van der Waals surface area contributed by atoms with E-state index in [1.807, 2.05) is 30.5 Å². The molecule has 31 heavy (non-hydrogen) atoms. The van der Waals surface area contributed by atoms with E-state index in [1.54, 1.807) is 16.8 Å². The number of halogens is 2. The second kappa shape index (κ2) is 9.53. The van der Waals surface area contributed by atoms with E-state index in [2.05, 4.69) is 73.5 Å². The molecule has 1 N–H and O–H groups in total. The minimum atomic E-state index is -0.381. The van der Waals surface area contributed by atoms with Gasteiger partial charge in [0.15, 0.2) is 11.6 Å². The van der Waals surface area contributed by atoms with Gasteiger partial charge in [0.2, 0.25) is 0 Å². The Morgan fingerprint density at radius 1 is 1.06 bits per heavy atom. The molecule has 2 aromatic carbocycles. The Bertz CT molecular complexity index is 1200. The van der Waals surface area contributed by atoms with Crippen LogP contribution in [0.4, 0.5) is 5.82 Å². The average molecular weight is 545 g/mol. The minimum Gasteiger partial charge on any atom is -0.484 e. The Morgan fingerprint density at radius 3 is 2.61 bits per heavy atom. The zero-order valence-electron chi connectivity index (χ0n) is 16.6. The van der Waals surface area contributed by atoms with Crippen LogP contribution in [0.2, 0.25) is 0 Å². The van der Waals surface area contributed by atoms with Crippen LogP contribution in [0.3, 0.4) is 0 Å². The summed E-state index contributed by atoms with van der Waals surface area (Å²) in [4.78, 5) is 12.6. The van der Waals surface area contributed by atoms with Crippen molar-refractivity contribution in [3.05, 3.63) is 98.5 Å². The molecule has 2 aromatic heterocycles. The zero-order valence-corrected chi connectivity index (χ0v) is 19.8. The number of carbonyl (C=O) groups excluding carboxylic acids is 1. The van der Waals surface area contributed by atoms with E-state index >= 15 is 0 Å². The van der Waals surface area contributed by atoms with Gasteiger partial charge in [-0.3, -0.25) is 9.48 Å². The topological polar surface area (TPSA) is 69.3 Å². The maximum Gasteiger partial charge on any atom is 0.292 e. The number of nitrogens with one attached hydrogen (secondary N) is 1. The highest BCUT2D eigenvalue weighted by molar-refractivity contribution is 9.11. The van der Waals surface area contributed by atoms with Crippen LogP contribution >= 0.6 is 31.9 Å². The Hall–Kier alpha value is -2.84. The van der Waals surface area contributed by atoms with Gasteiger partial charge in [0.1, 0.15) is 18.1 Å². The van der Waals surface area contributed by atoms with Crippen molar-refractivity contribution >= 4 is 43.6 Å². The summed E-state index contributed by atoms with van der Waals surface area (Å²) >= 11 is 6.89. The molecule has 4 rings (SSSR count). The maximum atomic E-state index is 12.6. The second-order valence-corrected chi connectivity index (χ2v) is 8.66. The van der Waals surface area contributed by atoms with Gasteiger partial charge in [0.05, 0.1) is 15.5 Å². The predicted molar refractivity (Wildman–Crippen MR) is 125 cm³/mol. The molecule has 2 heterocycles. The monoisotopic (exact) mass is 543 g/mol. The normalized spacial score (nSPS) is 10.8. The number of furan rings is 1. The Labute approximate surface area is 196 Å². The van der Waals surface area contributed by atoms with Crippen molar-refractivity contribution in [3.63, 3.8) is 0 Å². The Kier molecular flexibility index (Phi) is 6.58. The lowest BCUT2D eigenvalue weighted by atomic mass is 10.1. The summed E-state index contributed by atoms with van der Waals surface area (Å²) in [5, 5.41) is 7.23. The van der Waals surface area contributed by atoms with Gasteiger partial charge in [-0.05, 0) is 68.6 Å². The van der Waals surface area contributed by atoms with Gasteiger partial charge in [-0.25, -0.2) is 0 Å². The van der Waals surface area contributed by atoms with Gasteiger partial charge in [0, 0.05) is 6.20 Å². The van der Waals surface area contributed by atoms with Crippen molar-refractivity contribution in [1.82, 2.24) is 9.78 Å². The summed E-state index contributed by atoms with van der Waals surface area (Å²) in [6.07, 6.45) is 1.83. The molecule has 0 bridgehead atoms. The van der Waals surface area contributed by atoms with E-state index in [4.69, 9.17) is 9.15 Å². The van der Waals surface area contributed by atoms with Crippen LogP contribution in [0.1, 0.15) is 27.4 Å². The fourth-order valence-electron chi connectivity index (χ4n) is 2.90. The predicted octanol–water partition coefficient (Wildman–Crippen LogP) is 6.19. The molecule has 0 atom stereocenters. The van der Waals surface area contributed by atoms with Crippen molar-refractivity contribution in [2.45, 2.75) is 20.1 Å².